The molecule has 3 aromatic carbocycles. The van der Waals surface area contributed by atoms with Crippen LogP contribution in [-0.4, -0.2) is 16.1 Å². The van der Waals surface area contributed by atoms with E-state index < -0.39 is 0 Å². The van der Waals surface area contributed by atoms with Crippen LogP contribution < -0.4 is 5.43 Å². The van der Waals surface area contributed by atoms with Crippen LogP contribution in [-0.2, 0) is 0 Å². The summed E-state index contributed by atoms with van der Waals surface area (Å²) in [6.07, 6.45) is 1.55. The molecule has 0 radical (unpaired) electrons. The van der Waals surface area contributed by atoms with Crippen molar-refractivity contribution in [2.75, 3.05) is 5.43 Å². The Kier molecular flexibility index (Phi) is 5.55. The Hall–Kier alpha value is -3.23. The zero-order valence-corrected chi connectivity index (χ0v) is 17.0. The van der Waals surface area contributed by atoms with Gasteiger partial charge in [0.05, 0.1) is 26.3 Å². The number of thiazole rings is 1. The Morgan fingerprint density at radius 1 is 1.14 bits per heavy atom. The van der Waals surface area contributed by atoms with Crippen LogP contribution in [0.3, 0.4) is 0 Å². The van der Waals surface area contributed by atoms with Crippen molar-refractivity contribution in [1.82, 2.24) is 4.98 Å². The zero-order chi connectivity index (χ0) is 20.2. The van der Waals surface area contributed by atoms with E-state index >= 15 is 0 Å². The minimum Gasteiger partial charge on any atom is -0.258 e. The summed E-state index contributed by atoms with van der Waals surface area (Å²) in [6, 6.07) is 20.8. The van der Waals surface area contributed by atoms with Crippen LogP contribution in [0.2, 0.25) is 0 Å². The predicted molar refractivity (Wildman–Crippen MR) is 119 cm³/mol. The van der Waals surface area contributed by atoms with Gasteiger partial charge in [0.25, 0.3) is 5.69 Å². The van der Waals surface area contributed by atoms with Crippen LogP contribution in [0.25, 0.3) is 10.2 Å². The molecule has 0 amide bonds. The number of anilines is 1. The molecule has 0 bridgehead atoms. The summed E-state index contributed by atoms with van der Waals surface area (Å²) in [6.45, 7) is 2.01. The number of nitrogens with zero attached hydrogens (tertiary/aromatic N) is 3. The van der Waals surface area contributed by atoms with E-state index in [-0.39, 0.29) is 10.6 Å². The molecule has 144 valence electrons. The van der Waals surface area contributed by atoms with Gasteiger partial charge in [0, 0.05) is 16.5 Å². The maximum atomic E-state index is 11.5. The van der Waals surface area contributed by atoms with Gasteiger partial charge in [-0.1, -0.05) is 59.0 Å². The molecule has 0 fully saturated rings. The smallest absolute Gasteiger partial charge is 0.258 e. The first-order valence-corrected chi connectivity index (χ1v) is 10.4. The van der Waals surface area contributed by atoms with Crippen molar-refractivity contribution in [2.45, 2.75) is 16.7 Å². The minimum absolute atomic E-state index is 0.0551. The van der Waals surface area contributed by atoms with Gasteiger partial charge in [-0.05, 0) is 37.3 Å². The Morgan fingerprint density at radius 2 is 1.93 bits per heavy atom. The molecule has 1 aromatic heterocycles. The van der Waals surface area contributed by atoms with Gasteiger partial charge < -0.3 is 0 Å². The first-order valence-electron chi connectivity index (χ1n) is 8.76. The minimum atomic E-state index is -0.366. The van der Waals surface area contributed by atoms with Gasteiger partial charge in [-0.3, -0.25) is 15.5 Å². The quantitative estimate of drug-likeness (QED) is 0.231. The van der Waals surface area contributed by atoms with Gasteiger partial charge in [-0.15, -0.1) is 0 Å². The standard InChI is InChI=1S/C21H16N4O2S2/c1-14-6-9-16(10-7-14)28-20-11-8-15(12-18(20)25(26)27)13-22-24-21-23-17-4-2-3-5-19(17)29-21/h2-13H,1H3,(H,23,24)/b22-13+. The highest BCUT2D eigenvalue weighted by atomic mass is 32.2. The van der Waals surface area contributed by atoms with E-state index in [1.54, 1.807) is 12.3 Å². The van der Waals surface area contributed by atoms with Gasteiger partial charge in [0.2, 0.25) is 5.13 Å². The molecule has 8 heteroatoms. The number of nitro benzene ring substituents is 1. The molecule has 29 heavy (non-hydrogen) atoms. The first-order chi connectivity index (χ1) is 14.1. The van der Waals surface area contributed by atoms with Crippen molar-refractivity contribution < 1.29 is 4.92 Å². The van der Waals surface area contributed by atoms with Crippen LogP contribution in [0.4, 0.5) is 10.8 Å². The lowest BCUT2D eigenvalue weighted by Crippen LogP contribution is -1.94. The highest BCUT2D eigenvalue weighted by molar-refractivity contribution is 7.99. The number of para-hydroxylation sites is 1. The monoisotopic (exact) mass is 420 g/mol. The number of nitro groups is 1. The third-order valence-electron chi connectivity index (χ3n) is 4.10. The molecular formula is C21H16N4O2S2. The van der Waals surface area contributed by atoms with E-state index in [1.807, 2.05) is 61.5 Å². The van der Waals surface area contributed by atoms with Crippen LogP contribution in [0, 0.1) is 17.0 Å². The number of hydrazone groups is 1. The van der Waals surface area contributed by atoms with Gasteiger partial charge in [0.1, 0.15) is 0 Å². The number of rotatable bonds is 6. The topological polar surface area (TPSA) is 80.4 Å². The van der Waals surface area contributed by atoms with Crippen molar-refractivity contribution in [3.05, 3.63) is 88.0 Å². The lowest BCUT2D eigenvalue weighted by Gasteiger charge is -2.04. The molecular weight excluding hydrogens is 404 g/mol. The molecule has 0 atom stereocenters. The maximum Gasteiger partial charge on any atom is 0.283 e. The Balaban J connectivity index is 1.51. The van der Waals surface area contributed by atoms with Gasteiger partial charge >= 0.3 is 0 Å². The Bertz CT molecular complexity index is 1170. The van der Waals surface area contributed by atoms with Crippen molar-refractivity contribution in [3.8, 4) is 0 Å². The van der Waals surface area contributed by atoms with E-state index in [0.29, 0.717) is 15.6 Å². The third-order valence-corrected chi connectivity index (χ3v) is 6.11. The predicted octanol–water partition coefficient (Wildman–Crippen LogP) is 6.11. The molecule has 0 saturated heterocycles. The summed E-state index contributed by atoms with van der Waals surface area (Å²) >= 11 is 2.87. The molecule has 4 aromatic rings. The number of aromatic nitrogens is 1. The summed E-state index contributed by atoms with van der Waals surface area (Å²) < 4.78 is 1.07. The average molecular weight is 421 g/mol. The average Bonchev–Trinajstić information content (AvgIpc) is 3.13. The summed E-state index contributed by atoms with van der Waals surface area (Å²) in [5.74, 6) is 0. The Morgan fingerprint density at radius 3 is 2.69 bits per heavy atom. The SMILES string of the molecule is Cc1ccc(Sc2ccc(/C=N/Nc3nc4ccccc4s3)cc2[N+](=O)[O-])cc1. The molecule has 0 aliphatic heterocycles. The first kappa shape index (κ1) is 19.1. The lowest BCUT2D eigenvalue weighted by molar-refractivity contribution is -0.387. The van der Waals surface area contributed by atoms with E-state index in [4.69, 9.17) is 0 Å². The second kappa shape index (κ2) is 8.42. The van der Waals surface area contributed by atoms with Crippen LogP contribution in [0.5, 0.6) is 0 Å². The van der Waals surface area contributed by atoms with E-state index in [1.165, 1.54) is 29.2 Å². The Labute approximate surface area is 175 Å². The van der Waals surface area contributed by atoms with Crippen LogP contribution >= 0.6 is 23.1 Å². The largest absolute Gasteiger partial charge is 0.283 e. The molecule has 4 rings (SSSR count). The number of nitrogens with one attached hydrogen (secondary N) is 1. The fraction of sp³-hybridized carbons (Fsp3) is 0.0476. The summed E-state index contributed by atoms with van der Waals surface area (Å²) in [5.41, 5.74) is 5.64. The van der Waals surface area contributed by atoms with Crippen molar-refractivity contribution in [1.29, 1.82) is 0 Å². The molecule has 1 N–H and O–H groups in total. The van der Waals surface area contributed by atoms with Crippen molar-refractivity contribution in [3.63, 3.8) is 0 Å². The number of fused-ring (bicyclic) bond motifs is 1. The molecule has 0 aliphatic rings. The summed E-state index contributed by atoms with van der Waals surface area (Å²) in [5, 5.41) is 16.4. The van der Waals surface area contributed by atoms with Gasteiger partial charge in [0.15, 0.2) is 0 Å². The summed E-state index contributed by atoms with van der Waals surface area (Å²) in [4.78, 5) is 17.2. The fourth-order valence-corrected chi connectivity index (χ4v) is 4.37. The molecule has 0 saturated carbocycles. The number of hydrogen-bond acceptors (Lipinski definition) is 7. The normalized spacial score (nSPS) is 11.2. The van der Waals surface area contributed by atoms with Gasteiger partial charge in [-0.2, -0.15) is 5.10 Å². The number of hydrogen-bond donors (Lipinski definition) is 1. The molecule has 0 spiro atoms. The zero-order valence-electron chi connectivity index (χ0n) is 15.4. The van der Waals surface area contributed by atoms with E-state index in [2.05, 4.69) is 15.5 Å². The number of benzene rings is 3. The highest BCUT2D eigenvalue weighted by Gasteiger charge is 2.15. The molecule has 0 aliphatic carbocycles. The highest BCUT2D eigenvalue weighted by Crippen LogP contribution is 2.35. The van der Waals surface area contributed by atoms with Gasteiger partial charge in [-0.25, -0.2) is 4.98 Å². The second-order valence-corrected chi connectivity index (χ2v) is 8.40. The maximum absolute atomic E-state index is 11.5. The second-order valence-electron chi connectivity index (χ2n) is 6.26. The number of aryl methyl sites for hydroxylation is 1. The summed E-state index contributed by atoms with van der Waals surface area (Å²) in [7, 11) is 0. The lowest BCUT2D eigenvalue weighted by atomic mass is 10.2. The molecule has 0 unspecified atom stereocenters. The van der Waals surface area contributed by atoms with E-state index in [0.717, 1.165) is 20.7 Å². The van der Waals surface area contributed by atoms with Crippen molar-refractivity contribution >= 4 is 50.3 Å². The molecule has 1 heterocycles. The van der Waals surface area contributed by atoms with Crippen LogP contribution in [0.15, 0.2) is 81.6 Å². The third kappa shape index (κ3) is 4.61. The van der Waals surface area contributed by atoms with Crippen LogP contribution in [0.1, 0.15) is 11.1 Å². The van der Waals surface area contributed by atoms with E-state index in [9.17, 15) is 10.1 Å². The molecule has 6 nitrogen and oxygen atoms in total. The van der Waals surface area contributed by atoms with Crippen molar-refractivity contribution in [2.24, 2.45) is 5.10 Å². The fourth-order valence-electron chi connectivity index (χ4n) is 2.66.